The monoisotopic (exact) mass is 318 g/mol. The van der Waals surface area contributed by atoms with Crippen molar-refractivity contribution in [3.8, 4) is 0 Å². The number of thioether (sulfide) groups is 1. The van der Waals surface area contributed by atoms with Gasteiger partial charge in [-0.1, -0.05) is 0 Å². The average molecular weight is 319 g/mol. The molecule has 0 saturated carbocycles. The molecule has 0 radical (unpaired) electrons. The van der Waals surface area contributed by atoms with Gasteiger partial charge in [0.25, 0.3) is 0 Å². The molecule has 1 atom stereocenters. The molecule has 2 N–H and O–H groups in total. The molecule has 20 heavy (non-hydrogen) atoms. The van der Waals surface area contributed by atoms with E-state index in [9.17, 15) is 5.11 Å². The Labute approximate surface area is 130 Å². The highest BCUT2D eigenvalue weighted by atomic mass is 32.2. The van der Waals surface area contributed by atoms with Crippen LogP contribution >= 0.6 is 23.1 Å². The fourth-order valence-corrected chi connectivity index (χ4v) is 3.03. The van der Waals surface area contributed by atoms with Gasteiger partial charge in [0.05, 0.1) is 30.5 Å². The van der Waals surface area contributed by atoms with Gasteiger partial charge in [0.2, 0.25) is 0 Å². The van der Waals surface area contributed by atoms with E-state index in [4.69, 9.17) is 4.74 Å². The fourth-order valence-electron chi connectivity index (χ4n) is 1.77. The number of aromatic nitrogens is 1. The molecule has 0 aliphatic carbocycles. The van der Waals surface area contributed by atoms with E-state index in [0.717, 1.165) is 18.7 Å². The molecule has 6 heteroatoms. The molecule has 1 aromatic rings. The van der Waals surface area contributed by atoms with E-state index in [-0.39, 0.29) is 0 Å². The molecule has 0 amide bonds. The van der Waals surface area contributed by atoms with Gasteiger partial charge in [-0.3, -0.25) is 0 Å². The van der Waals surface area contributed by atoms with Gasteiger partial charge in [0, 0.05) is 17.8 Å². The molecule has 0 aliphatic heterocycles. The van der Waals surface area contributed by atoms with E-state index in [1.807, 2.05) is 24.2 Å². The predicted octanol–water partition coefficient (Wildman–Crippen LogP) is 2.10. The Morgan fingerprint density at radius 1 is 1.50 bits per heavy atom. The number of nitrogens with zero attached hydrogens (tertiary/aromatic N) is 1. The summed E-state index contributed by atoms with van der Waals surface area (Å²) in [5.74, 6) is 1.21. The number of hydrogen-bond donors (Lipinski definition) is 2. The highest BCUT2D eigenvalue weighted by Crippen LogP contribution is 2.12. The third kappa shape index (κ3) is 8.21. The van der Waals surface area contributed by atoms with Crippen LogP contribution in [0.3, 0.4) is 0 Å². The topological polar surface area (TPSA) is 54.4 Å². The molecule has 1 heterocycles. The zero-order chi connectivity index (χ0) is 14.6. The standard InChI is InChI=1S/C14H26N2O2S2/c1-12-14(20-11-16-12)5-7-18-10-13(17)9-15-6-3-4-8-19-2/h11,13,15,17H,3-10H2,1-2H3. The molecule has 0 saturated heterocycles. The Hall–Kier alpha value is -0.140. The van der Waals surface area contributed by atoms with Crippen LogP contribution in [-0.4, -0.2) is 54.5 Å². The Morgan fingerprint density at radius 3 is 3.05 bits per heavy atom. The summed E-state index contributed by atoms with van der Waals surface area (Å²) in [5.41, 5.74) is 2.95. The minimum Gasteiger partial charge on any atom is -0.389 e. The number of thiazole rings is 1. The summed E-state index contributed by atoms with van der Waals surface area (Å²) in [6, 6.07) is 0. The predicted molar refractivity (Wildman–Crippen MR) is 87.9 cm³/mol. The third-order valence-electron chi connectivity index (χ3n) is 2.96. The summed E-state index contributed by atoms with van der Waals surface area (Å²) in [7, 11) is 0. The number of rotatable bonds is 12. The number of aryl methyl sites for hydroxylation is 1. The van der Waals surface area contributed by atoms with Gasteiger partial charge in [-0.2, -0.15) is 11.8 Å². The number of ether oxygens (including phenoxy) is 1. The van der Waals surface area contributed by atoms with E-state index in [1.165, 1.54) is 23.5 Å². The maximum Gasteiger partial charge on any atom is 0.0897 e. The largest absolute Gasteiger partial charge is 0.389 e. The van der Waals surface area contributed by atoms with Crippen molar-refractivity contribution in [1.29, 1.82) is 0 Å². The molecule has 0 aliphatic rings. The van der Waals surface area contributed by atoms with Crippen LogP contribution in [0.2, 0.25) is 0 Å². The zero-order valence-electron chi connectivity index (χ0n) is 12.4. The van der Waals surface area contributed by atoms with Crippen molar-refractivity contribution >= 4 is 23.1 Å². The second-order valence-corrected chi connectivity index (χ2v) is 6.67. The number of nitrogens with one attached hydrogen (secondary N) is 1. The van der Waals surface area contributed by atoms with Gasteiger partial charge >= 0.3 is 0 Å². The second kappa shape index (κ2) is 11.5. The van der Waals surface area contributed by atoms with Crippen LogP contribution in [-0.2, 0) is 11.2 Å². The first-order valence-corrected chi connectivity index (χ1v) is 9.35. The lowest BCUT2D eigenvalue weighted by atomic mass is 10.3. The smallest absolute Gasteiger partial charge is 0.0897 e. The van der Waals surface area contributed by atoms with Gasteiger partial charge < -0.3 is 15.2 Å². The van der Waals surface area contributed by atoms with Crippen LogP contribution in [0, 0.1) is 6.92 Å². The van der Waals surface area contributed by atoms with Crippen molar-refractivity contribution in [2.45, 2.75) is 32.3 Å². The highest BCUT2D eigenvalue weighted by Gasteiger charge is 2.05. The second-order valence-electron chi connectivity index (χ2n) is 4.74. The van der Waals surface area contributed by atoms with Crippen molar-refractivity contribution in [2.75, 3.05) is 38.3 Å². The molecule has 1 rings (SSSR count). The Morgan fingerprint density at radius 2 is 2.35 bits per heavy atom. The Kier molecular flexibility index (Phi) is 10.3. The van der Waals surface area contributed by atoms with Gasteiger partial charge in [-0.05, 0) is 38.3 Å². The van der Waals surface area contributed by atoms with E-state index < -0.39 is 6.10 Å². The Bertz CT molecular complexity index is 348. The number of aliphatic hydroxyl groups is 1. The molecule has 1 unspecified atom stereocenters. The quantitative estimate of drug-likeness (QED) is 0.578. The molecule has 0 aromatic carbocycles. The van der Waals surface area contributed by atoms with E-state index >= 15 is 0 Å². The first kappa shape index (κ1) is 17.9. The van der Waals surface area contributed by atoms with Crippen LogP contribution in [0.4, 0.5) is 0 Å². The first-order valence-electron chi connectivity index (χ1n) is 7.08. The number of unbranched alkanes of at least 4 members (excludes halogenated alkanes) is 1. The molecule has 4 nitrogen and oxygen atoms in total. The maximum atomic E-state index is 9.76. The molecular formula is C14H26N2O2S2. The summed E-state index contributed by atoms with van der Waals surface area (Å²) < 4.78 is 5.50. The number of hydrogen-bond acceptors (Lipinski definition) is 6. The average Bonchev–Trinajstić information content (AvgIpc) is 2.84. The highest BCUT2D eigenvalue weighted by molar-refractivity contribution is 7.98. The summed E-state index contributed by atoms with van der Waals surface area (Å²) in [6.45, 7) is 4.64. The summed E-state index contributed by atoms with van der Waals surface area (Å²) in [5, 5.41) is 13.0. The molecular weight excluding hydrogens is 292 g/mol. The third-order valence-corrected chi connectivity index (χ3v) is 4.65. The minimum atomic E-state index is -0.418. The van der Waals surface area contributed by atoms with Gasteiger partial charge in [0.15, 0.2) is 0 Å². The lowest BCUT2D eigenvalue weighted by Crippen LogP contribution is -2.31. The summed E-state index contributed by atoms with van der Waals surface area (Å²) >= 11 is 3.54. The van der Waals surface area contributed by atoms with Crippen LogP contribution in [0.5, 0.6) is 0 Å². The molecule has 1 aromatic heterocycles. The van der Waals surface area contributed by atoms with Crippen molar-refractivity contribution in [2.24, 2.45) is 0 Å². The molecule has 116 valence electrons. The van der Waals surface area contributed by atoms with Crippen LogP contribution in [0.1, 0.15) is 23.4 Å². The zero-order valence-corrected chi connectivity index (χ0v) is 14.1. The molecule has 0 bridgehead atoms. The van der Waals surface area contributed by atoms with E-state index in [0.29, 0.717) is 19.8 Å². The fraction of sp³-hybridized carbons (Fsp3) is 0.786. The van der Waals surface area contributed by atoms with Crippen molar-refractivity contribution in [3.05, 3.63) is 16.1 Å². The SMILES string of the molecule is CSCCCCNCC(O)COCCc1scnc1C. The molecule has 0 fully saturated rings. The van der Waals surface area contributed by atoms with Crippen molar-refractivity contribution in [3.63, 3.8) is 0 Å². The lowest BCUT2D eigenvalue weighted by Gasteiger charge is -2.12. The summed E-state index contributed by atoms with van der Waals surface area (Å²) in [4.78, 5) is 5.47. The van der Waals surface area contributed by atoms with E-state index in [1.54, 1.807) is 11.3 Å². The van der Waals surface area contributed by atoms with Crippen LogP contribution in [0.15, 0.2) is 5.51 Å². The normalized spacial score (nSPS) is 12.8. The van der Waals surface area contributed by atoms with Gasteiger partial charge in [0.1, 0.15) is 0 Å². The summed E-state index contributed by atoms with van der Waals surface area (Å²) in [6.07, 6.45) is 4.99. The van der Waals surface area contributed by atoms with Crippen molar-refractivity contribution < 1.29 is 9.84 Å². The number of aliphatic hydroxyl groups excluding tert-OH is 1. The Balaban J connectivity index is 1.92. The van der Waals surface area contributed by atoms with Crippen molar-refractivity contribution in [1.82, 2.24) is 10.3 Å². The lowest BCUT2D eigenvalue weighted by molar-refractivity contribution is 0.0386. The van der Waals surface area contributed by atoms with Crippen LogP contribution < -0.4 is 5.32 Å². The molecule has 0 spiro atoms. The van der Waals surface area contributed by atoms with E-state index in [2.05, 4.69) is 16.6 Å². The maximum absolute atomic E-state index is 9.76. The first-order chi connectivity index (χ1) is 9.74. The van der Waals surface area contributed by atoms with Gasteiger partial charge in [-0.15, -0.1) is 11.3 Å². The van der Waals surface area contributed by atoms with Gasteiger partial charge in [-0.25, -0.2) is 4.98 Å². The minimum absolute atomic E-state index is 0.398. The van der Waals surface area contributed by atoms with Crippen LogP contribution in [0.25, 0.3) is 0 Å².